The molecule has 4 rings (SSSR count). The van der Waals surface area contributed by atoms with E-state index in [4.69, 9.17) is 11.6 Å². The Labute approximate surface area is 169 Å². The van der Waals surface area contributed by atoms with Gasteiger partial charge in [-0.05, 0) is 48.9 Å². The van der Waals surface area contributed by atoms with Gasteiger partial charge in [-0.25, -0.2) is 0 Å². The lowest BCUT2D eigenvalue weighted by Gasteiger charge is -2.32. The number of hydrogen-bond donors (Lipinski definition) is 1. The van der Waals surface area contributed by atoms with E-state index in [0.717, 1.165) is 37.6 Å². The topological polar surface area (TPSA) is 35.6 Å². The van der Waals surface area contributed by atoms with Crippen molar-refractivity contribution in [1.82, 2.24) is 15.1 Å². The molecule has 0 saturated carbocycles. The number of piperazine rings is 1. The van der Waals surface area contributed by atoms with Gasteiger partial charge in [0.1, 0.15) is 0 Å². The van der Waals surface area contributed by atoms with Crippen LogP contribution in [0, 0.1) is 0 Å². The zero-order valence-corrected chi connectivity index (χ0v) is 17.0. The Morgan fingerprint density at radius 2 is 1.93 bits per heavy atom. The minimum absolute atomic E-state index is 0.0339. The van der Waals surface area contributed by atoms with Crippen LogP contribution in [0.2, 0.25) is 5.02 Å². The summed E-state index contributed by atoms with van der Waals surface area (Å²) in [5.74, 6) is 0.0924. The van der Waals surface area contributed by atoms with Gasteiger partial charge in [0, 0.05) is 41.0 Å². The van der Waals surface area contributed by atoms with E-state index in [2.05, 4.69) is 46.4 Å². The first-order chi connectivity index (χ1) is 13.1. The Kier molecular flexibility index (Phi) is 5.74. The summed E-state index contributed by atoms with van der Waals surface area (Å²) in [5, 5.41) is 4.02. The van der Waals surface area contributed by atoms with Crippen LogP contribution >= 0.6 is 23.4 Å². The van der Waals surface area contributed by atoms with Crippen LogP contribution in [0.15, 0.2) is 52.3 Å². The molecule has 2 aliphatic heterocycles. The summed E-state index contributed by atoms with van der Waals surface area (Å²) in [6, 6.07) is 14.3. The number of likely N-dealkylation sites (N-methyl/N-ethyl adjacent to an activating group) is 1. The average Bonchev–Trinajstić information content (AvgIpc) is 2.80. The number of benzene rings is 2. The third kappa shape index (κ3) is 4.49. The van der Waals surface area contributed by atoms with Gasteiger partial charge in [-0.1, -0.05) is 41.6 Å². The summed E-state index contributed by atoms with van der Waals surface area (Å²) in [5.41, 5.74) is 2.37. The lowest BCUT2D eigenvalue weighted by molar-refractivity contribution is -0.123. The molecule has 0 bridgehead atoms. The molecule has 2 heterocycles. The molecule has 1 unspecified atom stereocenters. The maximum absolute atomic E-state index is 12.8. The molecule has 4 nitrogen and oxygen atoms in total. The van der Waals surface area contributed by atoms with Gasteiger partial charge in [0.05, 0.1) is 12.6 Å². The quantitative estimate of drug-likeness (QED) is 0.854. The zero-order valence-electron chi connectivity index (χ0n) is 15.5. The normalized spacial score (nSPS) is 20.4. The molecule has 0 spiro atoms. The van der Waals surface area contributed by atoms with Gasteiger partial charge in [-0.2, -0.15) is 0 Å². The third-order valence-corrected chi connectivity index (χ3v) is 6.70. The van der Waals surface area contributed by atoms with Crippen molar-refractivity contribution in [3.63, 3.8) is 0 Å². The predicted octanol–water partition coefficient (Wildman–Crippen LogP) is 3.45. The van der Waals surface area contributed by atoms with E-state index in [1.807, 2.05) is 18.2 Å². The summed E-state index contributed by atoms with van der Waals surface area (Å²) >= 11 is 7.98. The van der Waals surface area contributed by atoms with Gasteiger partial charge in [0.15, 0.2) is 0 Å². The molecule has 27 heavy (non-hydrogen) atoms. The molecule has 2 aromatic carbocycles. The summed E-state index contributed by atoms with van der Waals surface area (Å²) in [6.07, 6.45) is 0.758. The van der Waals surface area contributed by atoms with Crippen LogP contribution in [0.3, 0.4) is 0 Å². The monoisotopic (exact) mass is 401 g/mol. The van der Waals surface area contributed by atoms with E-state index in [-0.39, 0.29) is 11.9 Å². The molecule has 6 heteroatoms. The number of carbonyl (C=O) groups is 1. The van der Waals surface area contributed by atoms with Crippen LogP contribution in [0.1, 0.15) is 17.2 Å². The minimum Gasteiger partial charge on any atom is -0.348 e. The van der Waals surface area contributed by atoms with E-state index in [1.165, 1.54) is 20.9 Å². The van der Waals surface area contributed by atoms with Gasteiger partial charge in [0.25, 0.3) is 0 Å². The van der Waals surface area contributed by atoms with Crippen molar-refractivity contribution in [3.8, 4) is 0 Å². The summed E-state index contributed by atoms with van der Waals surface area (Å²) in [7, 11) is 2.13. The first-order valence-electron chi connectivity index (χ1n) is 9.34. The van der Waals surface area contributed by atoms with Crippen molar-refractivity contribution in [2.45, 2.75) is 22.3 Å². The molecule has 0 radical (unpaired) electrons. The fourth-order valence-electron chi connectivity index (χ4n) is 3.69. The molecule has 2 aliphatic rings. The van der Waals surface area contributed by atoms with E-state index >= 15 is 0 Å². The number of fused-ring (bicyclic) bond motifs is 2. The van der Waals surface area contributed by atoms with E-state index in [9.17, 15) is 4.79 Å². The van der Waals surface area contributed by atoms with Crippen molar-refractivity contribution < 1.29 is 4.79 Å². The fraction of sp³-hybridized carbons (Fsp3) is 0.381. The number of nitrogens with one attached hydrogen (secondary N) is 1. The highest BCUT2D eigenvalue weighted by atomic mass is 35.5. The molecule has 1 amide bonds. The second-order valence-electron chi connectivity index (χ2n) is 7.30. The van der Waals surface area contributed by atoms with Crippen molar-refractivity contribution in [2.75, 3.05) is 39.8 Å². The van der Waals surface area contributed by atoms with Gasteiger partial charge in [-0.15, -0.1) is 0 Å². The molecule has 2 aromatic rings. The molecule has 142 valence electrons. The Hall–Kier alpha value is -1.53. The largest absolute Gasteiger partial charge is 0.348 e. The fourth-order valence-corrected chi connectivity index (χ4v) is 5.01. The van der Waals surface area contributed by atoms with E-state index < -0.39 is 0 Å². The Bertz CT molecular complexity index is 836. The highest BCUT2D eigenvalue weighted by Crippen LogP contribution is 2.41. The third-order valence-electron chi connectivity index (χ3n) is 5.26. The van der Waals surface area contributed by atoms with Crippen LogP contribution < -0.4 is 5.32 Å². The minimum atomic E-state index is -0.0339. The molecule has 1 fully saturated rings. The maximum Gasteiger partial charge on any atom is 0.234 e. The van der Waals surface area contributed by atoms with Crippen molar-refractivity contribution in [2.24, 2.45) is 0 Å². The van der Waals surface area contributed by atoms with Crippen LogP contribution in [-0.4, -0.2) is 55.5 Å². The number of amides is 1. The smallest absolute Gasteiger partial charge is 0.234 e. The van der Waals surface area contributed by atoms with Crippen LogP contribution in [0.4, 0.5) is 0 Å². The molecule has 1 atom stereocenters. The van der Waals surface area contributed by atoms with Gasteiger partial charge in [-0.3, -0.25) is 9.69 Å². The van der Waals surface area contributed by atoms with Crippen molar-refractivity contribution >= 4 is 29.3 Å². The first kappa shape index (κ1) is 18.8. The number of hydrogen-bond acceptors (Lipinski definition) is 4. The zero-order chi connectivity index (χ0) is 18.8. The first-order valence-corrected chi connectivity index (χ1v) is 10.5. The standard InChI is InChI=1S/C21H24ClN3OS/c1-24-8-10-25(11-9-24)14-21(26)23-18-13-15-12-16(22)6-7-19(15)27-20-5-3-2-4-17(18)20/h2-7,12,18H,8-11,13-14H2,1H3,(H,23,26). The lowest BCUT2D eigenvalue weighted by atomic mass is 9.99. The lowest BCUT2D eigenvalue weighted by Crippen LogP contribution is -2.48. The summed E-state index contributed by atoms with van der Waals surface area (Å²) in [6.45, 7) is 4.38. The van der Waals surface area contributed by atoms with Gasteiger partial charge < -0.3 is 10.2 Å². The summed E-state index contributed by atoms with van der Waals surface area (Å²) < 4.78 is 0. The second kappa shape index (κ2) is 8.23. The number of rotatable bonds is 3. The molecule has 0 aromatic heterocycles. The highest BCUT2D eigenvalue weighted by Gasteiger charge is 2.25. The highest BCUT2D eigenvalue weighted by molar-refractivity contribution is 7.99. The number of halogens is 1. The van der Waals surface area contributed by atoms with Crippen molar-refractivity contribution in [1.29, 1.82) is 0 Å². The second-order valence-corrected chi connectivity index (χ2v) is 8.82. The van der Waals surface area contributed by atoms with E-state index in [0.29, 0.717) is 6.54 Å². The molecule has 0 aliphatic carbocycles. The number of carbonyl (C=O) groups excluding carboxylic acids is 1. The molecule has 1 N–H and O–H groups in total. The number of nitrogens with zero attached hydrogens (tertiary/aromatic N) is 2. The van der Waals surface area contributed by atoms with Crippen LogP contribution in [-0.2, 0) is 11.2 Å². The summed E-state index contributed by atoms with van der Waals surface area (Å²) in [4.78, 5) is 19.7. The molecular formula is C21H24ClN3OS. The maximum atomic E-state index is 12.8. The van der Waals surface area contributed by atoms with Gasteiger partial charge >= 0.3 is 0 Å². The molecule has 1 saturated heterocycles. The van der Waals surface area contributed by atoms with Gasteiger partial charge in [0.2, 0.25) is 5.91 Å². The van der Waals surface area contributed by atoms with Crippen molar-refractivity contribution in [3.05, 3.63) is 58.6 Å². The molecular weight excluding hydrogens is 378 g/mol. The average molecular weight is 402 g/mol. The Morgan fingerprint density at radius 1 is 1.15 bits per heavy atom. The Morgan fingerprint density at radius 3 is 2.74 bits per heavy atom. The predicted molar refractivity (Wildman–Crippen MR) is 111 cm³/mol. The Balaban J connectivity index is 1.53. The van der Waals surface area contributed by atoms with Crippen LogP contribution in [0.25, 0.3) is 0 Å². The SMILES string of the molecule is CN1CCN(CC(=O)NC2Cc3cc(Cl)ccc3Sc3ccccc32)CC1. The van der Waals surface area contributed by atoms with Crippen LogP contribution in [0.5, 0.6) is 0 Å². The van der Waals surface area contributed by atoms with E-state index in [1.54, 1.807) is 11.8 Å².